The molecule has 2 aromatic rings. The highest BCUT2D eigenvalue weighted by Gasteiger charge is 2.41. The molecule has 0 aliphatic carbocycles. The monoisotopic (exact) mass is 388 g/mol. The van der Waals surface area contributed by atoms with E-state index in [-0.39, 0.29) is 17.3 Å². The summed E-state index contributed by atoms with van der Waals surface area (Å²) >= 11 is 0. The van der Waals surface area contributed by atoms with Crippen molar-refractivity contribution in [2.75, 3.05) is 17.2 Å². The summed E-state index contributed by atoms with van der Waals surface area (Å²) in [6, 6.07) is 13.3. The summed E-state index contributed by atoms with van der Waals surface area (Å²) in [5.41, 5.74) is 1.55. The summed E-state index contributed by atoms with van der Waals surface area (Å²) in [6.45, 7) is 1.93. The first-order chi connectivity index (χ1) is 12.8. The lowest BCUT2D eigenvalue weighted by molar-refractivity contribution is -0.119. The molecule has 27 heavy (non-hydrogen) atoms. The standard InChI is InChI=1S/C19H20N2O5S/c1-13-12-27(24,25)21(19(13)23)16-7-5-15(6-8-16)18(22)20-11-14-3-9-17(26-2)10-4-14/h3-10,13H,11-12H2,1-2H3,(H,20,22). The summed E-state index contributed by atoms with van der Waals surface area (Å²) in [5, 5.41) is 2.80. The number of nitrogens with zero attached hydrogens (tertiary/aromatic N) is 1. The van der Waals surface area contributed by atoms with Gasteiger partial charge in [0.05, 0.1) is 24.5 Å². The minimum Gasteiger partial charge on any atom is -0.497 e. The van der Waals surface area contributed by atoms with Crippen LogP contribution in [0, 0.1) is 5.92 Å². The number of rotatable bonds is 5. The number of amides is 2. The van der Waals surface area contributed by atoms with E-state index in [9.17, 15) is 18.0 Å². The lowest BCUT2D eigenvalue weighted by atomic mass is 10.1. The smallest absolute Gasteiger partial charge is 0.251 e. The summed E-state index contributed by atoms with van der Waals surface area (Å²) in [4.78, 5) is 24.4. The Morgan fingerprint density at radius 3 is 2.30 bits per heavy atom. The van der Waals surface area contributed by atoms with Crippen LogP contribution in [0.25, 0.3) is 0 Å². The molecule has 1 saturated heterocycles. The second-order valence-corrected chi connectivity index (χ2v) is 8.22. The third-order valence-electron chi connectivity index (χ3n) is 4.34. The largest absolute Gasteiger partial charge is 0.497 e. The van der Waals surface area contributed by atoms with Crippen molar-refractivity contribution in [3.05, 3.63) is 59.7 Å². The first-order valence-corrected chi connectivity index (χ1v) is 10.0. The highest BCUT2D eigenvalue weighted by molar-refractivity contribution is 7.94. The van der Waals surface area contributed by atoms with Gasteiger partial charge in [0, 0.05) is 12.1 Å². The van der Waals surface area contributed by atoms with Crippen LogP contribution in [0.5, 0.6) is 5.75 Å². The third kappa shape index (κ3) is 3.95. The maximum atomic E-state index is 12.3. The fourth-order valence-electron chi connectivity index (χ4n) is 2.86. The normalized spacial score (nSPS) is 18.4. The minimum absolute atomic E-state index is 0.198. The van der Waals surface area contributed by atoms with E-state index < -0.39 is 21.8 Å². The number of sulfonamides is 1. The highest BCUT2D eigenvalue weighted by atomic mass is 32.2. The molecule has 1 aliphatic rings. The zero-order valence-electron chi connectivity index (χ0n) is 15.0. The van der Waals surface area contributed by atoms with Gasteiger partial charge in [-0.1, -0.05) is 19.1 Å². The molecule has 1 fully saturated rings. The Balaban J connectivity index is 1.67. The van der Waals surface area contributed by atoms with Crippen molar-refractivity contribution in [2.45, 2.75) is 13.5 Å². The molecular formula is C19H20N2O5S. The fraction of sp³-hybridized carbons (Fsp3) is 0.263. The number of anilines is 1. The molecule has 0 aromatic heterocycles. The van der Waals surface area contributed by atoms with Crippen LogP contribution < -0.4 is 14.4 Å². The van der Waals surface area contributed by atoms with Crippen LogP contribution in [0.4, 0.5) is 5.69 Å². The SMILES string of the molecule is COc1ccc(CNC(=O)c2ccc(N3C(=O)C(C)CS3(=O)=O)cc2)cc1. The van der Waals surface area contributed by atoms with E-state index >= 15 is 0 Å². The second-order valence-electron chi connectivity index (χ2n) is 6.36. The lowest BCUT2D eigenvalue weighted by Crippen LogP contribution is -2.30. The number of ether oxygens (including phenoxy) is 1. The maximum Gasteiger partial charge on any atom is 0.251 e. The zero-order chi connectivity index (χ0) is 19.6. The van der Waals surface area contributed by atoms with Crippen molar-refractivity contribution in [3.63, 3.8) is 0 Å². The Bertz CT molecular complexity index is 953. The van der Waals surface area contributed by atoms with E-state index in [4.69, 9.17) is 4.74 Å². The molecule has 0 radical (unpaired) electrons. The zero-order valence-corrected chi connectivity index (χ0v) is 15.8. The lowest BCUT2D eigenvalue weighted by Gasteiger charge is -2.15. The molecule has 1 heterocycles. The van der Waals surface area contributed by atoms with Gasteiger partial charge in [0.1, 0.15) is 5.75 Å². The minimum atomic E-state index is -3.65. The Morgan fingerprint density at radius 1 is 1.15 bits per heavy atom. The van der Waals surface area contributed by atoms with Crippen LogP contribution in [0.3, 0.4) is 0 Å². The van der Waals surface area contributed by atoms with Crippen molar-refractivity contribution in [1.29, 1.82) is 0 Å². The highest BCUT2D eigenvalue weighted by Crippen LogP contribution is 2.28. The molecule has 1 atom stereocenters. The molecule has 142 valence electrons. The van der Waals surface area contributed by atoms with Gasteiger partial charge < -0.3 is 10.1 Å². The molecule has 0 saturated carbocycles. The van der Waals surface area contributed by atoms with E-state index in [1.807, 2.05) is 24.3 Å². The molecule has 1 aliphatic heterocycles. The van der Waals surface area contributed by atoms with Gasteiger partial charge in [0.2, 0.25) is 15.9 Å². The maximum absolute atomic E-state index is 12.3. The summed E-state index contributed by atoms with van der Waals surface area (Å²) in [5.74, 6) is -0.771. The molecule has 1 N–H and O–H groups in total. The first-order valence-electron chi connectivity index (χ1n) is 8.40. The topological polar surface area (TPSA) is 92.8 Å². The molecule has 8 heteroatoms. The first kappa shape index (κ1) is 18.9. The predicted octanol–water partition coefficient (Wildman–Crippen LogP) is 1.94. The van der Waals surface area contributed by atoms with Gasteiger partial charge in [-0.3, -0.25) is 9.59 Å². The Kier molecular flexibility index (Phi) is 5.18. The predicted molar refractivity (Wildman–Crippen MR) is 101 cm³/mol. The molecule has 0 bridgehead atoms. The van der Waals surface area contributed by atoms with Crippen molar-refractivity contribution < 1.29 is 22.7 Å². The van der Waals surface area contributed by atoms with Crippen LogP contribution in [-0.2, 0) is 21.4 Å². The average Bonchev–Trinajstić information content (AvgIpc) is 2.87. The van der Waals surface area contributed by atoms with Crippen LogP contribution in [-0.4, -0.2) is 33.1 Å². The third-order valence-corrected chi connectivity index (χ3v) is 6.20. The number of carbonyl (C=O) groups is 2. The molecule has 1 unspecified atom stereocenters. The van der Waals surface area contributed by atoms with Crippen LogP contribution >= 0.6 is 0 Å². The molecule has 2 amide bonds. The van der Waals surface area contributed by atoms with Gasteiger partial charge in [0.15, 0.2) is 0 Å². The quantitative estimate of drug-likeness (QED) is 0.845. The van der Waals surface area contributed by atoms with E-state index in [1.54, 1.807) is 14.0 Å². The van der Waals surface area contributed by atoms with E-state index in [0.717, 1.165) is 15.6 Å². The fourth-order valence-corrected chi connectivity index (χ4v) is 4.68. The number of methoxy groups -OCH3 is 1. The van der Waals surface area contributed by atoms with Gasteiger partial charge in [-0.15, -0.1) is 0 Å². The van der Waals surface area contributed by atoms with Crippen LogP contribution in [0.1, 0.15) is 22.8 Å². The van der Waals surface area contributed by atoms with E-state index in [1.165, 1.54) is 24.3 Å². The van der Waals surface area contributed by atoms with E-state index in [0.29, 0.717) is 12.1 Å². The van der Waals surface area contributed by atoms with Crippen LogP contribution in [0.15, 0.2) is 48.5 Å². The van der Waals surface area contributed by atoms with E-state index in [2.05, 4.69) is 5.32 Å². The second kappa shape index (κ2) is 7.40. The van der Waals surface area contributed by atoms with Gasteiger partial charge in [0.25, 0.3) is 5.91 Å². The van der Waals surface area contributed by atoms with Crippen molar-refractivity contribution in [1.82, 2.24) is 5.32 Å². The summed E-state index contributed by atoms with van der Waals surface area (Å²) in [6.07, 6.45) is 0. The number of nitrogens with one attached hydrogen (secondary N) is 1. The van der Waals surface area contributed by atoms with Gasteiger partial charge in [-0.2, -0.15) is 0 Å². The number of hydrogen-bond donors (Lipinski definition) is 1. The summed E-state index contributed by atoms with van der Waals surface area (Å²) < 4.78 is 30.2. The molecule has 7 nitrogen and oxygen atoms in total. The van der Waals surface area contributed by atoms with Crippen LogP contribution in [0.2, 0.25) is 0 Å². The molecule has 0 spiro atoms. The van der Waals surface area contributed by atoms with Gasteiger partial charge in [-0.25, -0.2) is 12.7 Å². The van der Waals surface area contributed by atoms with Gasteiger partial charge in [-0.05, 0) is 42.0 Å². The Hall–Kier alpha value is -2.87. The molecular weight excluding hydrogens is 368 g/mol. The average molecular weight is 388 g/mol. The number of benzene rings is 2. The van der Waals surface area contributed by atoms with Crippen molar-refractivity contribution >= 4 is 27.5 Å². The Labute approximate surface area is 158 Å². The van der Waals surface area contributed by atoms with Gasteiger partial charge >= 0.3 is 0 Å². The molecule has 3 rings (SSSR count). The van der Waals surface area contributed by atoms with Crippen molar-refractivity contribution in [2.24, 2.45) is 5.92 Å². The summed E-state index contributed by atoms with van der Waals surface area (Å²) in [7, 11) is -2.07. The number of carbonyl (C=O) groups excluding carboxylic acids is 2. The number of hydrogen-bond acceptors (Lipinski definition) is 5. The Morgan fingerprint density at radius 2 is 1.78 bits per heavy atom. The van der Waals surface area contributed by atoms with Crippen molar-refractivity contribution in [3.8, 4) is 5.75 Å². The molecule has 2 aromatic carbocycles.